The molecule has 4 atom stereocenters. The standard InChI is InChI=1S/C22H29F2N3O5S/c1-22(2,3)33(31)26-18(13-5-4-6-14(23)11-13)17(24)12-16-19(28)25-21(30)27(20(16)29)15-7-9-32-10-8-15/h4-6,11,15-18,26H,7-10,12H2,1-3H3,(H,25,28,30)/t16?,17-,18?,33?/m1/s1. The minimum absolute atomic E-state index is 0.195. The summed E-state index contributed by atoms with van der Waals surface area (Å²) in [6.07, 6.45) is -1.58. The fourth-order valence-electron chi connectivity index (χ4n) is 3.83. The van der Waals surface area contributed by atoms with Crippen molar-refractivity contribution in [3.05, 3.63) is 35.6 Å². The lowest BCUT2D eigenvalue weighted by molar-refractivity contribution is -0.146. The number of hydrogen-bond donors (Lipinski definition) is 2. The Morgan fingerprint density at radius 1 is 1.27 bits per heavy atom. The minimum atomic E-state index is -1.87. The Balaban J connectivity index is 1.83. The first-order chi connectivity index (χ1) is 15.5. The maximum Gasteiger partial charge on any atom is 0.331 e. The van der Waals surface area contributed by atoms with E-state index < -0.39 is 70.4 Å². The van der Waals surface area contributed by atoms with Gasteiger partial charge in [0.2, 0.25) is 11.8 Å². The largest absolute Gasteiger partial charge is 0.598 e. The van der Waals surface area contributed by atoms with E-state index in [1.807, 2.05) is 0 Å². The Labute approximate surface area is 194 Å². The van der Waals surface area contributed by atoms with E-state index in [4.69, 9.17) is 4.74 Å². The second-order valence-corrected chi connectivity index (χ2v) is 11.2. The third-order valence-electron chi connectivity index (χ3n) is 5.68. The normalized spacial score (nSPS) is 23.3. The molecule has 182 valence electrons. The highest BCUT2D eigenvalue weighted by molar-refractivity contribution is 7.90. The summed E-state index contributed by atoms with van der Waals surface area (Å²) in [7, 11) is 0. The number of carbonyl (C=O) groups excluding carboxylic acids is 3. The van der Waals surface area contributed by atoms with E-state index in [0.717, 1.165) is 11.0 Å². The average Bonchev–Trinajstić information content (AvgIpc) is 2.74. The zero-order valence-corrected chi connectivity index (χ0v) is 19.6. The van der Waals surface area contributed by atoms with Gasteiger partial charge >= 0.3 is 6.03 Å². The van der Waals surface area contributed by atoms with Crippen molar-refractivity contribution in [3.8, 4) is 0 Å². The summed E-state index contributed by atoms with van der Waals surface area (Å²) in [6.45, 7) is 5.83. The van der Waals surface area contributed by atoms with Crippen LogP contribution in [0.5, 0.6) is 0 Å². The predicted octanol–water partition coefficient (Wildman–Crippen LogP) is 2.52. The molecule has 2 aliphatic heterocycles. The zero-order valence-electron chi connectivity index (χ0n) is 18.8. The molecule has 2 heterocycles. The molecule has 1 aromatic rings. The number of hydrogen-bond acceptors (Lipinski definition) is 6. The molecule has 3 rings (SSSR count). The van der Waals surface area contributed by atoms with Crippen LogP contribution in [0.15, 0.2) is 24.3 Å². The summed E-state index contributed by atoms with van der Waals surface area (Å²) < 4.78 is 49.4. The number of rotatable bonds is 7. The van der Waals surface area contributed by atoms with Crippen LogP contribution < -0.4 is 10.0 Å². The number of amides is 4. The van der Waals surface area contributed by atoms with Gasteiger partial charge in [0.05, 0.1) is 0 Å². The lowest BCUT2D eigenvalue weighted by Gasteiger charge is -2.38. The number of carbonyl (C=O) groups is 3. The van der Waals surface area contributed by atoms with Gasteiger partial charge in [0.1, 0.15) is 28.7 Å². The Morgan fingerprint density at radius 2 is 1.94 bits per heavy atom. The topological polar surface area (TPSA) is 111 Å². The van der Waals surface area contributed by atoms with Crippen molar-refractivity contribution < 1.29 is 32.5 Å². The van der Waals surface area contributed by atoms with Crippen LogP contribution in [0.3, 0.4) is 0 Å². The van der Waals surface area contributed by atoms with Gasteiger partial charge in [-0.1, -0.05) is 12.1 Å². The highest BCUT2D eigenvalue weighted by atomic mass is 32.2. The zero-order chi connectivity index (χ0) is 24.3. The fraction of sp³-hybridized carbons (Fsp3) is 0.591. The van der Waals surface area contributed by atoms with Gasteiger partial charge in [-0.15, -0.1) is 4.72 Å². The summed E-state index contributed by atoms with van der Waals surface area (Å²) in [5.41, 5.74) is 0.195. The van der Waals surface area contributed by atoms with Crippen molar-refractivity contribution in [1.29, 1.82) is 0 Å². The van der Waals surface area contributed by atoms with E-state index in [9.17, 15) is 23.3 Å². The SMILES string of the molecule is CC(C)(C)[S+]([O-])NC(c1cccc(F)c1)[C@H](F)CC1C(=O)NC(=O)N(C2CCOCC2)C1=O. The van der Waals surface area contributed by atoms with Crippen LogP contribution in [-0.2, 0) is 25.7 Å². The molecule has 2 aliphatic rings. The van der Waals surface area contributed by atoms with Crippen LogP contribution in [0.25, 0.3) is 0 Å². The number of imide groups is 2. The molecule has 0 spiro atoms. The summed E-state index contributed by atoms with van der Waals surface area (Å²) >= 11 is -1.71. The van der Waals surface area contributed by atoms with Crippen LogP contribution >= 0.6 is 0 Å². The molecule has 4 amide bonds. The molecule has 33 heavy (non-hydrogen) atoms. The van der Waals surface area contributed by atoms with Crippen LogP contribution in [0.2, 0.25) is 0 Å². The number of barbiturate groups is 1. The first kappa shape index (κ1) is 25.5. The number of benzene rings is 1. The second kappa shape index (κ2) is 10.5. The molecule has 0 bridgehead atoms. The van der Waals surface area contributed by atoms with Gasteiger partial charge in [-0.05, 0) is 51.3 Å². The molecule has 2 fully saturated rings. The summed E-state index contributed by atoms with van der Waals surface area (Å²) in [5, 5.41) is 2.14. The molecule has 2 N–H and O–H groups in total. The summed E-state index contributed by atoms with van der Waals surface area (Å²) in [5.74, 6) is -3.70. The molecule has 0 aromatic heterocycles. The Bertz CT molecular complexity index is 891. The third kappa shape index (κ3) is 6.08. The Morgan fingerprint density at radius 3 is 2.55 bits per heavy atom. The van der Waals surface area contributed by atoms with Crippen LogP contribution in [0, 0.1) is 11.7 Å². The molecule has 11 heteroatoms. The van der Waals surface area contributed by atoms with Crippen molar-refractivity contribution in [2.24, 2.45) is 5.92 Å². The van der Waals surface area contributed by atoms with E-state index in [1.54, 1.807) is 20.8 Å². The average molecular weight is 486 g/mol. The van der Waals surface area contributed by atoms with Crippen molar-refractivity contribution in [1.82, 2.24) is 14.9 Å². The van der Waals surface area contributed by atoms with Gasteiger partial charge in [0, 0.05) is 37.0 Å². The maximum absolute atomic E-state index is 15.7. The number of ether oxygens (including phenoxy) is 1. The summed E-state index contributed by atoms with van der Waals surface area (Å²) in [6, 6.07) is 2.69. The van der Waals surface area contributed by atoms with Gasteiger partial charge < -0.3 is 9.29 Å². The van der Waals surface area contributed by atoms with E-state index >= 15 is 4.39 Å². The van der Waals surface area contributed by atoms with E-state index in [-0.39, 0.29) is 5.56 Å². The number of alkyl halides is 1. The predicted molar refractivity (Wildman–Crippen MR) is 117 cm³/mol. The fourth-order valence-corrected chi connectivity index (χ4v) is 4.70. The quantitative estimate of drug-likeness (QED) is 0.454. The van der Waals surface area contributed by atoms with E-state index in [2.05, 4.69) is 10.0 Å². The van der Waals surface area contributed by atoms with Crippen molar-refractivity contribution >= 4 is 29.2 Å². The molecular formula is C22H29F2N3O5S. The summed E-state index contributed by atoms with van der Waals surface area (Å²) in [4.78, 5) is 38.9. The van der Waals surface area contributed by atoms with Crippen LogP contribution in [0.1, 0.15) is 51.6 Å². The molecular weight excluding hydrogens is 456 g/mol. The Hall–Kier alpha value is -2.08. The lowest BCUT2D eigenvalue weighted by atomic mass is 9.91. The molecule has 3 unspecified atom stereocenters. The van der Waals surface area contributed by atoms with Crippen molar-refractivity contribution in [3.63, 3.8) is 0 Å². The van der Waals surface area contributed by atoms with E-state index in [1.165, 1.54) is 18.2 Å². The lowest BCUT2D eigenvalue weighted by Crippen LogP contribution is -2.62. The number of urea groups is 1. The minimum Gasteiger partial charge on any atom is -0.598 e. The van der Waals surface area contributed by atoms with Gasteiger partial charge in [-0.3, -0.25) is 19.8 Å². The molecule has 0 saturated carbocycles. The number of nitrogens with zero attached hydrogens (tertiary/aromatic N) is 1. The highest BCUT2D eigenvalue weighted by Gasteiger charge is 2.46. The first-order valence-electron chi connectivity index (χ1n) is 10.8. The van der Waals surface area contributed by atoms with Crippen LogP contribution in [0.4, 0.5) is 13.6 Å². The van der Waals surface area contributed by atoms with Gasteiger partial charge in [0.25, 0.3) is 0 Å². The first-order valence-corrected chi connectivity index (χ1v) is 12.0. The van der Waals surface area contributed by atoms with Gasteiger partial charge in [-0.25, -0.2) is 13.6 Å². The van der Waals surface area contributed by atoms with Crippen LogP contribution in [-0.4, -0.2) is 57.5 Å². The maximum atomic E-state index is 15.7. The van der Waals surface area contributed by atoms with Crippen molar-refractivity contribution in [2.45, 2.75) is 63.0 Å². The van der Waals surface area contributed by atoms with Gasteiger partial charge in [-0.2, -0.15) is 0 Å². The molecule has 2 saturated heterocycles. The molecule has 0 radical (unpaired) electrons. The third-order valence-corrected chi connectivity index (χ3v) is 7.26. The van der Waals surface area contributed by atoms with E-state index in [0.29, 0.717) is 26.1 Å². The smallest absolute Gasteiger partial charge is 0.331 e. The van der Waals surface area contributed by atoms with Gasteiger partial charge in [0.15, 0.2) is 0 Å². The molecule has 1 aromatic carbocycles. The highest BCUT2D eigenvalue weighted by Crippen LogP contribution is 2.31. The number of nitrogens with one attached hydrogen (secondary N) is 2. The second-order valence-electron chi connectivity index (χ2n) is 9.18. The Kier molecular flexibility index (Phi) is 8.09. The van der Waals surface area contributed by atoms with Crippen molar-refractivity contribution in [2.75, 3.05) is 13.2 Å². The number of halogens is 2. The monoisotopic (exact) mass is 485 g/mol. The molecule has 8 nitrogen and oxygen atoms in total. The molecule has 0 aliphatic carbocycles.